The van der Waals surface area contributed by atoms with Crippen molar-refractivity contribution >= 4 is 11.9 Å². The van der Waals surface area contributed by atoms with Gasteiger partial charge in [-0.1, -0.05) is 6.07 Å². The highest BCUT2D eigenvalue weighted by molar-refractivity contribution is 5.83. The Kier molecular flexibility index (Phi) is 6.22. The van der Waals surface area contributed by atoms with Crippen molar-refractivity contribution in [1.29, 1.82) is 0 Å². The van der Waals surface area contributed by atoms with E-state index in [0.29, 0.717) is 11.1 Å². The summed E-state index contributed by atoms with van der Waals surface area (Å²) >= 11 is 0. The van der Waals surface area contributed by atoms with Crippen molar-refractivity contribution in [3.05, 3.63) is 47.4 Å². The van der Waals surface area contributed by atoms with Crippen LogP contribution in [0.15, 0.2) is 30.5 Å². The molecule has 1 aromatic carbocycles. The second kappa shape index (κ2) is 8.22. The van der Waals surface area contributed by atoms with E-state index < -0.39 is 17.5 Å². The molecule has 0 saturated heterocycles. The Balaban J connectivity index is 2.06. The minimum atomic E-state index is -0.790. The molecule has 0 bridgehead atoms. The van der Waals surface area contributed by atoms with E-state index in [4.69, 9.17) is 4.74 Å². The van der Waals surface area contributed by atoms with Gasteiger partial charge in [0.05, 0.1) is 0 Å². The fourth-order valence-electron chi connectivity index (χ4n) is 2.38. The molecule has 4 N–H and O–H groups in total. The van der Waals surface area contributed by atoms with Crippen molar-refractivity contribution in [2.24, 2.45) is 0 Å². The number of phenolic OH excluding ortho intramolecular Hbond substituents is 2. The number of phenols is 2. The number of carbonyl (C=O) groups is 1. The number of anilines is 1. The lowest BCUT2D eigenvalue weighted by molar-refractivity contribution is 0.0634. The number of nitrogens with zero attached hydrogens (tertiary/aromatic N) is 1. The molecule has 2 aromatic rings. The van der Waals surface area contributed by atoms with Gasteiger partial charge in [0.15, 0.2) is 11.6 Å². The van der Waals surface area contributed by atoms with Crippen LogP contribution in [-0.2, 0) is 11.3 Å². The van der Waals surface area contributed by atoms with Crippen molar-refractivity contribution < 1.29 is 24.1 Å². The summed E-state index contributed by atoms with van der Waals surface area (Å²) in [5, 5.41) is 24.6. The summed E-state index contributed by atoms with van der Waals surface area (Å²) in [7, 11) is 0. The first-order valence-corrected chi connectivity index (χ1v) is 8.45. The van der Waals surface area contributed by atoms with Crippen molar-refractivity contribution in [2.75, 3.05) is 5.32 Å². The molecule has 0 saturated carbocycles. The van der Waals surface area contributed by atoms with E-state index in [0.717, 1.165) is 0 Å². The molecule has 0 radical (unpaired) electrons. The average molecular weight is 377 g/mol. The topological polar surface area (TPSA) is 104 Å². The molecular weight excluding hydrogens is 353 g/mol. The molecule has 1 aromatic heterocycles. The largest absolute Gasteiger partial charge is 0.508 e. The zero-order chi connectivity index (χ0) is 20.2. The molecule has 0 spiro atoms. The maximum absolute atomic E-state index is 14.6. The van der Waals surface area contributed by atoms with Crippen LogP contribution >= 0.6 is 0 Å². The third kappa shape index (κ3) is 5.82. The van der Waals surface area contributed by atoms with E-state index in [1.807, 2.05) is 0 Å². The number of nitrogens with one attached hydrogen (secondary N) is 2. The van der Waals surface area contributed by atoms with Crippen LogP contribution in [-0.4, -0.2) is 26.9 Å². The van der Waals surface area contributed by atoms with E-state index in [-0.39, 0.29) is 29.9 Å². The predicted molar refractivity (Wildman–Crippen MR) is 99.1 cm³/mol. The van der Waals surface area contributed by atoms with Gasteiger partial charge in [-0.25, -0.2) is 14.2 Å². The number of amides is 1. The molecule has 1 amide bonds. The second-order valence-electron chi connectivity index (χ2n) is 7.11. The number of aromatic nitrogens is 1. The zero-order valence-electron chi connectivity index (χ0n) is 15.7. The van der Waals surface area contributed by atoms with Gasteiger partial charge in [-0.15, -0.1) is 0 Å². The highest BCUT2D eigenvalue weighted by Crippen LogP contribution is 2.28. The van der Waals surface area contributed by atoms with Crippen LogP contribution in [0, 0.1) is 5.82 Å². The molecular formula is C19H24FN3O4. The van der Waals surface area contributed by atoms with Gasteiger partial charge in [0.25, 0.3) is 0 Å². The molecule has 8 heteroatoms. The SMILES string of the molecule is CC(NCc1ccnc(NC(=O)OC(C)(C)C)c1F)c1ccc(O)cc1O. The Labute approximate surface area is 157 Å². The quantitative estimate of drug-likeness (QED) is 0.631. The maximum atomic E-state index is 14.6. The molecule has 1 heterocycles. The summed E-state index contributed by atoms with van der Waals surface area (Å²) in [6.45, 7) is 7.05. The predicted octanol–water partition coefficient (Wildman–Crippen LogP) is 3.83. The number of rotatable bonds is 5. The van der Waals surface area contributed by atoms with Crippen molar-refractivity contribution in [2.45, 2.75) is 45.9 Å². The highest BCUT2D eigenvalue weighted by Gasteiger charge is 2.19. The summed E-state index contributed by atoms with van der Waals surface area (Å²) in [6, 6.07) is 5.47. The number of hydrogen-bond acceptors (Lipinski definition) is 6. The van der Waals surface area contributed by atoms with Crippen LogP contribution in [0.25, 0.3) is 0 Å². The molecule has 7 nitrogen and oxygen atoms in total. The minimum absolute atomic E-state index is 0.0403. The van der Waals surface area contributed by atoms with E-state index in [1.54, 1.807) is 33.8 Å². The Morgan fingerprint density at radius 3 is 2.63 bits per heavy atom. The first kappa shape index (κ1) is 20.4. The van der Waals surface area contributed by atoms with Crippen LogP contribution in [0.4, 0.5) is 15.0 Å². The van der Waals surface area contributed by atoms with E-state index in [2.05, 4.69) is 15.6 Å². The third-order valence-corrected chi connectivity index (χ3v) is 3.67. The van der Waals surface area contributed by atoms with E-state index >= 15 is 0 Å². The molecule has 146 valence electrons. The molecule has 27 heavy (non-hydrogen) atoms. The molecule has 0 aliphatic rings. The maximum Gasteiger partial charge on any atom is 0.413 e. The summed E-state index contributed by atoms with van der Waals surface area (Å²) in [4.78, 5) is 15.6. The highest BCUT2D eigenvalue weighted by atomic mass is 19.1. The van der Waals surface area contributed by atoms with Crippen LogP contribution < -0.4 is 10.6 Å². The molecule has 2 rings (SSSR count). The summed E-state index contributed by atoms with van der Waals surface area (Å²) in [5.41, 5.74) is 0.150. The lowest BCUT2D eigenvalue weighted by atomic mass is 10.1. The van der Waals surface area contributed by atoms with Crippen molar-refractivity contribution in [1.82, 2.24) is 10.3 Å². The van der Waals surface area contributed by atoms with Crippen LogP contribution in [0.1, 0.15) is 44.9 Å². The monoisotopic (exact) mass is 377 g/mol. The second-order valence-corrected chi connectivity index (χ2v) is 7.11. The van der Waals surface area contributed by atoms with Gasteiger partial charge >= 0.3 is 6.09 Å². The normalized spacial score (nSPS) is 12.5. The Morgan fingerprint density at radius 2 is 2.00 bits per heavy atom. The number of halogens is 1. The Bertz CT molecular complexity index is 821. The summed E-state index contributed by atoms with van der Waals surface area (Å²) in [5.74, 6) is -0.986. The first-order chi connectivity index (χ1) is 12.6. The van der Waals surface area contributed by atoms with Gasteiger partial charge in [0.2, 0.25) is 0 Å². The van der Waals surface area contributed by atoms with E-state index in [1.165, 1.54) is 24.4 Å². The first-order valence-electron chi connectivity index (χ1n) is 8.45. The number of carbonyl (C=O) groups excluding carboxylic acids is 1. The fourth-order valence-corrected chi connectivity index (χ4v) is 2.38. The lowest BCUT2D eigenvalue weighted by Gasteiger charge is -2.20. The Morgan fingerprint density at radius 1 is 1.30 bits per heavy atom. The Hall–Kier alpha value is -2.87. The molecule has 0 aliphatic carbocycles. The third-order valence-electron chi connectivity index (χ3n) is 3.67. The standard InChI is InChI=1S/C19H24FN3O4/c1-11(14-6-5-13(24)9-15(14)25)22-10-12-7-8-21-17(16(12)20)23-18(26)27-19(2,3)4/h5-9,11,22,24-25H,10H2,1-4H3,(H,21,23,26). The number of pyridine rings is 1. The van der Waals surface area contributed by atoms with Gasteiger partial charge in [-0.2, -0.15) is 0 Å². The van der Waals surface area contributed by atoms with E-state index in [9.17, 15) is 19.4 Å². The smallest absolute Gasteiger partial charge is 0.413 e. The lowest BCUT2D eigenvalue weighted by Crippen LogP contribution is -2.28. The van der Waals surface area contributed by atoms with Crippen molar-refractivity contribution in [3.8, 4) is 11.5 Å². The van der Waals surface area contributed by atoms with Crippen LogP contribution in [0.2, 0.25) is 0 Å². The van der Waals surface area contributed by atoms with Crippen LogP contribution in [0.3, 0.4) is 0 Å². The molecule has 1 atom stereocenters. The fraction of sp³-hybridized carbons (Fsp3) is 0.368. The summed E-state index contributed by atoms with van der Waals surface area (Å²) in [6.07, 6.45) is 0.594. The minimum Gasteiger partial charge on any atom is -0.508 e. The zero-order valence-corrected chi connectivity index (χ0v) is 15.7. The molecule has 0 aliphatic heterocycles. The van der Waals surface area contributed by atoms with Gasteiger partial charge in [0.1, 0.15) is 17.1 Å². The van der Waals surface area contributed by atoms with Gasteiger partial charge < -0.3 is 20.3 Å². The number of aromatic hydroxyl groups is 2. The summed E-state index contributed by atoms with van der Waals surface area (Å²) < 4.78 is 19.7. The van der Waals surface area contributed by atoms with Crippen molar-refractivity contribution in [3.63, 3.8) is 0 Å². The molecule has 0 fully saturated rings. The number of hydrogen-bond donors (Lipinski definition) is 4. The van der Waals surface area contributed by atoms with Gasteiger partial charge in [-0.3, -0.25) is 5.32 Å². The number of ether oxygens (including phenoxy) is 1. The average Bonchev–Trinajstić information content (AvgIpc) is 2.53. The van der Waals surface area contributed by atoms with Gasteiger partial charge in [0, 0.05) is 36.0 Å². The number of benzene rings is 1. The van der Waals surface area contributed by atoms with Gasteiger partial charge in [-0.05, 0) is 39.8 Å². The van der Waals surface area contributed by atoms with Crippen LogP contribution in [0.5, 0.6) is 11.5 Å². The molecule has 1 unspecified atom stereocenters.